The van der Waals surface area contributed by atoms with Crippen molar-refractivity contribution in [1.82, 2.24) is 0 Å². The van der Waals surface area contributed by atoms with Crippen LogP contribution in [0.25, 0.3) is 0 Å². The van der Waals surface area contributed by atoms with E-state index in [-0.39, 0.29) is 54.3 Å². The second-order valence-corrected chi connectivity index (χ2v) is 21.5. The summed E-state index contributed by atoms with van der Waals surface area (Å²) in [7, 11) is 0. The first-order valence-corrected chi connectivity index (χ1v) is 23.1. The number of hydrogen-bond donors (Lipinski definition) is 9. The quantitative estimate of drug-likeness (QED) is 0.0764. The van der Waals surface area contributed by atoms with Crippen molar-refractivity contribution in [3.63, 3.8) is 0 Å². The highest BCUT2D eigenvalue weighted by molar-refractivity contribution is 5.62. The maximum absolute atomic E-state index is 13.9. The van der Waals surface area contributed by atoms with Crippen LogP contribution in [0.4, 0.5) is 0 Å². The highest BCUT2D eigenvalue weighted by Crippen LogP contribution is 2.75. The molecule has 3 heterocycles. The summed E-state index contributed by atoms with van der Waals surface area (Å²) in [6.45, 7) is 13.6. The Kier molecular flexibility index (Phi) is 14.3. The molecule has 4 aliphatic carbocycles. The van der Waals surface area contributed by atoms with Gasteiger partial charge in [-0.15, -0.1) is 0 Å². The molecule has 0 radical (unpaired) electrons. The van der Waals surface area contributed by atoms with Gasteiger partial charge in [0.15, 0.2) is 18.9 Å². The number of aliphatic hydroxyl groups is 9. The second-order valence-electron chi connectivity index (χ2n) is 21.5. The highest BCUT2D eigenvalue weighted by Gasteiger charge is 2.71. The minimum absolute atomic E-state index is 0.0374. The number of carbonyl (C=O) groups excluding carboxylic acids is 1. The van der Waals surface area contributed by atoms with Crippen LogP contribution in [0, 0.1) is 45.3 Å². The molecular weight excluding hydrogens is 808 g/mol. The number of carbonyl (C=O) groups is 1. The Morgan fingerprint density at radius 1 is 0.710 bits per heavy atom. The molecule has 0 aromatic heterocycles. The molecule has 3 saturated heterocycles. The minimum atomic E-state index is -1.72. The zero-order chi connectivity index (χ0) is 45.3. The van der Waals surface area contributed by atoms with Crippen LogP contribution in [0.2, 0.25) is 0 Å². The van der Waals surface area contributed by atoms with Crippen LogP contribution in [-0.4, -0.2) is 164 Å². The molecule has 62 heavy (non-hydrogen) atoms. The van der Waals surface area contributed by atoms with Gasteiger partial charge in [0.05, 0.1) is 37.6 Å². The molecule has 22 atom stereocenters. The number of fused-ring (bicyclic) bond motifs is 5. The van der Waals surface area contributed by atoms with Crippen LogP contribution < -0.4 is 0 Å². The summed E-state index contributed by atoms with van der Waals surface area (Å²) in [5.74, 6) is 0.169. The fraction of sp³-hybridized carbons (Fsp3) is 0.935. The Hall–Kier alpha value is -1.19. The summed E-state index contributed by atoms with van der Waals surface area (Å²) in [5.41, 5.74) is -1.59. The molecule has 16 heteroatoms. The first kappa shape index (κ1) is 48.7. The van der Waals surface area contributed by atoms with Crippen LogP contribution in [0.1, 0.15) is 113 Å². The van der Waals surface area contributed by atoms with Gasteiger partial charge in [-0.05, 0) is 125 Å². The summed E-state index contributed by atoms with van der Waals surface area (Å²) >= 11 is 0. The Morgan fingerprint density at radius 3 is 2.03 bits per heavy atom. The van der Waals surface area contributed by atoms with Gasteiger partial charge < -0.3 is 79.2 Å². The van der Waals surface area contributed by atoms with E-state index in [1.165, 1.54) is 18.8 Å². The standard InChI is InChI=1S/C46H76O16/c1-23(2)9-8-15-46(56,22-48)26-12-16-43(6)25(26)10-11-30-44(43,7)17-13-29-42(4,5)31(14-18-45(29,30)21-47)60-41-38(62-40-36(55)34(53)32(51)24(3)59-40)37(28(50)20-58-41)61-39-35(54)33(52)27(49)19-57-39/h9,21,24-41,48-56H,8,10-20,22H2,1-7H3/t24-,25-,26+,27-,28+,29+,30+,31+,32-,33+,34+,35-,36+,37+,38-,39+,40+,41+,43-,44-,45-,46-/m1/s1. The average Bonchev–Trinajstić information content (AvgIpc) is 3.60. The Balaban J connectivity index is 1.13. The number of allylic oxidation sites excluding steroid dienone is 2. The molecule has 7 aliphatic rings. The molecule has 16 nitrogen and oxygen atoms in total. The van der Waals surface area contributed by atoms with Gasteiger partial charge in [0, 0.05) is 5.41 Å². The van der Waals surface area contributed by atoms with E-state index < -0.39 is 102 Å². The van der Waals surface area contributed by atoms with E-state index in [1.54, 1.807) is 0 Å². The lowest BCUT2D eigenvalue weighted by Crippen LogP contribution is -2.67. The van der Waals surface area contributed by atoms with Crippen molar-refractivity contribution in [3.8, 4) is 0 Å². The van der Waals surface area contributed by atoms with E-state index in [4.69, 9.17) is 28.4 Å². The van der Waals surface area contributed by atoms with Crippen LogP contribution in [-0.2, 0) is 33.2 Å². The van der Waals surface area contributed by atoms with Crippen molar-refractivity contribution in [3.05, 3.63) is 11.6 Å². The summed E-state index contributed by atoms with van der Waals surface area (Å²) in [6.07, 6.45) is -8.73. The molecular formula is C46H76O16. The summed E-state index contributed by atoms with van der Waals surface area (Å²) in [5, 5.41) is 97.3. The second kappa shape index (κ2) is 18.1. The number of aliphatic hydroxyl groups excluding tert-OH is 8. The van der Waals surface area contributed by atoms with Crippen LogP contribution >= 0.6 is 0 Å². The molecule has 9 N–H and O–H groups in total. The van der Waals surface area contributed by atoms with Gasteiger partial charge in [-0.25, -0.2) is 0 Å². The van der Waals surface area contributed by atoms with E-state index in [1.807, 2.05) is 13.8 Å². The molecule has 7 fully saturated rings. The zero-order valence-electron chi connectivity index (χ0n) is 37.6. The summed E-state index contributed by atoms with van der Waals surface area (Å²) in [6, 6.07) is 0. The Bertz CT molecular complexity index is 1590. The molecule has 0 aromatic rings. The first-order chi connectivity index (χ1) is 29.1. The fourth-order valence-corrected chi connectivity index (χ4v) is 14.0. The van der Waals surface area contributed by atoms with E-state index in [9.17, 15) is 50.8 Å². The molecule has 7 rings (SSSR count). The minimum Gasteiger partial charge on any atom is -0.393 e. The van der Waals surface area contributed by atoms with Crippen LogP contribution in [0.15, 0.2) is 11.6 Å². The van der Waals surface area contributed by atoms with Crippen LogP contribution in [0.3, 0.4) is 0 Å². The predicted octanol–water partition coefficient (Wildman–Crippen LogP) is 1.46. The molecule has 0 spiro atoms. The number of aldehydes is 1. The average molecular weight is 885 g/mol. The van der Waals surface area contributed by atoms with Crippen molar-refractivity contribution in [2.75, 3.05) is 19.8 Å². The third-order valence-corrected chi connectivity index (χ3v) is 17.8. The van der Waals surface area contributed by atoms with Gasteiger partial charge in [-0.3, -0.25) is 0 Å². The van der Waals surface area contributed by atoms with Gasteiger partial charge in [0.1, 0.15) is 61.2 Å². The van der Waals surface area contributed by atoms with Crippen molar-refractivity contribution in [2.24, 2.45) is 45.3 Å². The maximum Gasteiger partial charge on any atom is 0.187 e. The smallest absolute Gasteiger partial charge is 0.187 e. The third-order valence-electron chi connectivity index (χ3n) is 17.8. The third kappa shape index (κ3) is 8.10. The lowest BCUT2D eigenvalue weighted by atomic mass is 9.35. The summed E-state index contributed by atoms with van der Waals surface area (Å²) < 4.78 is 36.7. The monoisotopic (exact) mass is 885 g/mol. The lowest BCUT2D eigenvalue weighted by Gasteiger charge is -2.69. The van der Waals surface area contributed by atoms with Crippen molar-refractivity contribution in [1.29, 1.82) is 0 Å². The SMILES string of the molecule is CC(C)=CCC[C@@](O)(CO)[C@H]1CC[C@]2(C)[C@@H]1CC[C@@H]1[C@@]3(C=O)CC[C@H](O[C@@H]4OC[C@H](O)[C@H](O[C@@H]5OC[C@@H](O)[C@H](O)[C@H]5O)[C@H]4O[C@@H]4O[C@H](C)[C@@H](O)[C@H](O)[C@@H]4O)C(C)(C)[C@@H]3CC[C@]12C. The highest BCUT2D eigenvalue weighted by atomic mass is 16.8. The van der Waals surface area contributed by atoms with Gasteiger partial charge in [-0.1, -0.05) is 39.3 Å². The maximum atomic E-state index is 13.9. The predicted molar refractivity (Wildman–Crippen MR) is 221 cm³/mol. The number of rotatable bonds is 12. The van der Waals surface area contributed by atoms with Crippen LogP contribution in [0.5, 0.6) is 0 Å². The summed E-state index contributed by atoms with van der Waals surface area (Å²) in [4.78, 5) is 13.9. The van der Waals surface area contributed by atoms with Gasteiger partial charge in [-0.2, -0.15) is 0 Å². The van der Waals surface area contributed by atoms with Gasteiger partial charge in [0.25, 0.3) is 0 Å². The molecule has 0 aromatic carbocycles. The number of ether oxygens (including phenoxy) is 6. The molecule has 4 saturated carbocycles. The largest absolute Gasteiger partial charge is 0.393 e. The van der Waals surface area contributed by atoms with Gasteiger partial charge in [0.2, 0.25) is 0 Å². The Morgan fingerprint density at radius 2 is 1.35 bits per heavy atom. The fourth-order valence-electron chi connectivity index (χ4n) is 14.0. The zero-order valence-corrected chi connectivity index (χ0v) is 37.6. The van der Waals surface area contributed by atoms with E-state index in [2.05, 4.69) is 33.8 Å². The molecule has 0 amide bonds. The van der Waals surface area contributed by atoms with E-state index in [0.29, 0.717) is 25.7 Å². The van der Waals surface area contributed by atoms with Crippen molar-refractivity contribution in [2.45, 2.75) is 204 Å². The molecule has 0 unspecified atom stereocenters. The molecule has 3 aliphatic heterocycles. The lowest BCUT2D eigenvalue weighted by molar-refractivity contribution is -0.383. The van der Waals surface area contributed by atoms with Crippen molar-refractivity contribution >= 4 is 6.29 Å². The van der Waals surface area contributed by atoms with E-state index >= 15 is 0 Å². The topological polar surface area (TPSA) is 255 Å². The molecule has 356 valence electrons. The first-order valence-electron chi connectivity index (χ1n) is 23.1. The molecule has 0 bridgehead atoms. The normalized spacial score (nSPS) is 51.3. The van der Waals surface area contributed by atoms with E-state index in [0.717, 1.165) is 38.5 Å². The van der Waals surface area contributed by atoms with Crippen molar-refractivity contribution < 1.29 is 79.2 Å². The number of hydrogen-bond acceptors (Lipinski definition) is 16. The Labute approximate surface area is 365 Å². The van der Waals surface area contributed by atoms with Gasteiger partial charge >= 0.3 is 0 Å².